The fourth-order valence-electron chi connectivity index (χ4n) is 4.23. The highest BCUT2D eigenvalue weighted by Gasteiger charge is 2.29. The molecule has 0 N–H and O–H groups in total. The van der Waals surface area contributed by atoms with Crippen molar-refractivity contribution >= 4 is 29.3 Å². The largest absolute Gasteiger partial charge is 0.461 e. The molecule has 8 heteroatoms. The van der Waals surface area contributed by atoms with Crippen LogP contribution in [0.5, 0.6) is 0 Å². The normalized spacial score (nSPS) is 10.8. The first-order valence-electron chi connectivity index (χ1n) is 11.4. The number of Topliss-reactive ketones (excluding diaryl/α,β-unsaturated/α-hetero) is 1. The number of carbonyl (C=O) groups is 3. The molecular weight excluding hydrogens is 471 g/mol. The van der Waals surface area contributed by atoms with Crippen LogP contribution in [0.1, 0.15) is 61.9 Å². The Morgan fingerprint density at radius 3 is 2.29 bits per heavy atom. The molecule has 0 aliphatic carbocycles. The van der Waals surface area contributed by atoms with Crippen LogP contribution in [0.2, 0.25) is 5.02 Å². The first kappa shape index (κ1) is 26.2. The fourth-order valence-corrected chi connectivity index (χ4v) is 4.45. The van der Waals surface area contributed by atoms with E-state index in [2.05, 4.69) is 0 Å². The van der Waals surface area contributed by atoms with Crippen LogP contribution < -0.4 is 0 Å². The van der Waals surface area contributed by atoms with Crippen molar-refractivity contribution in [3.8, 4) is 0 Å². The maximum Gasteiger partial charge on any atom is 0.355 e. The number of ketones is 1. The quantitative estimate of drug-likeness (QED) is 0.283. The number of amides is 1. The minimum absolute atomic E-state index is 0.0768. The molecule has 0 unspecified atom stereocenters. The Labute approximate surface area is 209 Å². The van der Waals surface area contributed by atoms with E-state index in [0.29, 0.717) is 34.6 Å². The Morgan fingerprint density at radius 2 is 1.69 bits per heavy atom. The molecule has 3 rings (SSSR count). The summed E-state index contributed by atoms with van der Waals surface area (Å²) < 4.78 is 20.4. The molecular formula is C27H28ClFN2O4. The second-order valence-electron chi connectivity index (χ2n) is 8.09. The highest BCUT2D eigenvalue weighted by molar-refractivity contribution is 6.33. The summed E-state index contributed by atoms with van der Waals surface area (Å²) in [5.74, 6) is -1.64. The molecule has 0 spiro atoms. The van der Waals surface area contributed by atoms with E-state index in [-0.39, 0.29) is 36.1 Å². The van der Waals surface area contributed by atoms with Gasteiger partial charge in [0.15, 0.2) is 5.78 Å². The summed E-state index contributed by atoms with van der Waals surface area (Å²) >= 11 is 6.26. The number of nitrogens with zero attached hydrogens (tertiary/aromatic N) is 2. The van der Waals surface area contributed by atoms with Crippen molar-refractivity contribution in [2.75, 3.05) is 13.2 Å². The Balaban J connectivity index is 2.00. The van der Waals surface area contributed by atoms with Gasteiger partial charge in [0, 0.05) is 24.3 Å². The molecule has 0 aliphatic rings. The lowest BCUT2D eigenvalue weighted by molar-refractivity contribution is 0.0512. The maximum atomic E-state index is 13.6. The zero-order chi connectivity index (χ0) is 25.7. The third-order valence-corrected chi connectivity index (χ3v) is 6.17. The van der Waals surface area contributed by atoms with Crippen LogP contribution in [-0.4, -0.2) is 40.3 Å². The lowest BCUT2D eigenvalue weighted by atomic mass is 10.0. The molecule has 0 radical (unpaired) electrons. The van der Waals surface area contributed by atoms with Crippen molar-refractivity contribution in [3.05, 3.63) is 93.0 Å². The SMILES string of the molecule is CCOC(=O)c1c(C)c(C(=O)CN(Cc2ccc(F)cc2)C(=O)c2ccccc2Cl)c(C)n1CC. The molecule has 3 aromatic rings. The summed E-state index contributed by atoms with van der Waals surface area (Å²) in [6.07, 6.45) is 0. The Morgan fingerprint density at radius 1 is 1.03 bits per heavy atom. The average Bonchev–Trinajstić information content (AvgIpc) is 3.09. The first-order chi connectivity index (χ1) is 16.7. The molecule has 1 heterocycles. The molecule has 0 fully saturated rings. The van der Waals surface area contributed by atoms with Gasteiger partial charge in [0.25, 0.3) is 5.91 Å². The predicted molar refractivity (Wildman–Crippen MR) is 132 cm³/mol. The molecule has 0 saturated heterocycles. The molecule has 2 aromatic carbocycles. The highest BCUT2D eigenvalue weighted by atomic mass is 35.5. The Bertz CT molecular complexity index is 1250. The fraction of sp³-hybridized carbons (Fsp3) is 0.296. The third kappa shape index (κ3) is 5.62. The zero-order valence-corrected chi connectivity index (χ0v) is 21.0. The minimum Gasteiger partial charge on any atom is -0.461 e. The van der Waals surface area contributed by atoms with Gasteiger partial charge >= 0.3 is 5.97 Å². The molecule has 0 aliphatic heterocycles. The smallest absolute Gasteiger partial charge is 0.355 e. The van der Waals surface area contributed by atoms with Gasteiger partial charge in [-0.15, -0.1) is 0 Å². The van der Waals surface area contributed by atoms with Gasteiger partial charge in [0.2, 0.25) is 0 Å². The van der Waals surface area contributed by atoms with E-state index >= 15 is 0 Å². The van der Waals surface area contributed by atoms with E-state index in [1.165, 1.54) is 17.0 Å². The summed E-state index contributed by atoms with van der Waals surface area (Å²) in [6, 6.07) is 12.3. The molecule has 6 nitrogen and oxygen atoms in total. The van der Waals surface area contributed by atoms with Crippen molar-refractivity contribution in [1.82, 2.24) is 9.47 Å². The predicted octanol–water partition coefficient (Wildman–Crippen LogP) is 5.62. The van der Waals surface area contributed by atoms with Gasteiger partial charge in [-0.25, -0.2) is 9.18 Å². The average molecular weight is 499 g/mol. The zero-order valence-electron chi connectivity index (χ0n) is 20.2. The molecule has 0 atom stereocenters. The number of aromatic nitrogens is 1. The Hall–Kier alpha value is -3.45. The number of rotatable bonds is 9. The van der Waals surface area contributed by atoms with Gasteiger partial charge in [-0.05, 0) is 63.1 Å². The summed E-state index contributed by atoms with van der Waals surface area (Å²) in [6.45, 7) is 7.60. The van der Waals surface area contributed by atoms with Gasteiger partial charge in [0.1, 0.15) is 11.5 Å². The lowest BCUT2D eigenvalue weighted by Crippen LogP contribution is -2.35. The number of carbonyl (C=O) groups excluding carboxylic acids is 3. The van der Waals surface area contributed by atoms with Crippen molar-refractivity contribution in [3.63, 3.8) is 0 Å². The highest BCUT2D eigenvalue weighted by Crippen LogP contribution is 2.25. The summed E-state index contributed by atoms with van der Waals surface area (Å²) in [5.41, 5.74) is 2.77. The number of halogens is 2. The molecule has 35 heavy (non-hydrogen) atoms. The number of esters is 1. The van der Waals surface area contributed by atoms with Gasteiger partial charge in [0.05, 0.1) is 23.7 Å². The summed E-state index contributed by atoms with van der Waals surface area (Å²) in [7, 11) is 0. The Kier molecular flexibility index (Phi) is 8.46. The van der Waals surface area contributed by atoms with Gasteiger partial charge < -0.3 is 14.2 Å². The van der Waals surface area contributed by atoms with E-state index in [1.54, 1.807) is 61.7 Å². The third-order valence-electron chi connectivity index (χ3n) is 5.84. The maximum absolute atomic E-state index is 13.6. The molecule has 1 amide bonds. The van der Waals surface area contributed by atoms with Crippen molar-refractivity contribution in [2.45, 2.75) is 40.8 Å². The first-order valence-corrected chi connectivity index (χ1v) is 11.8. The lowest BCUT2D eigenvalue weighted by Gasteiger charge is -2.23. The topological polar surface area (TPSA) is 68.6 Å². The van der Waals surface area contributed by atoms with Crippen molar-refractivity contribution in [2.24, 2.45) is 0 Å². The number of ether oxygens (including phenoxy) is 1. The molecule has 0 saturated carbocycles. The standard InChI is InChI=1S/C27H28ClFN2O4/c1-5-31-18(4)24(17(3)25(31)27(34)35-6-2)23(32)16-30(15-19-11-13-20(29)14-12-19)26(33)21-9-7-8-10-22(21)28/h7-14H,5-6,15-16H2,1-4H3. The molecule has 184 valence electrons. The summed E-state index contributed by atoms with van der Waals surface area (Å²) in [5, 5.41) is 0.267. The second-order valence-corrected chi connectivity index (χ2v) is 8.50. The van der Waals surface area contributed by atoms with Gasteiger partial charge in [-0.2, -0.15) is 0 Å². The number of benzene rings is 2. The number of hydrogen-bond donors (Lipinski definition) is 0. The van der Waals surface area contributed by atoms with E-state index in [4.69, 9.17) is 16.3 Å². The van der Waals surface area contributed by atoms with Gasteiger partial charge in [-0.3, -0.25) is 9.59 Å². The molecule has 1 aromatic heterocycles. The second kappa shape index (κ2) is 11.3. The minimum atomic E-state index is -0.496. The van der Waals surface area contributed by atoms with Crippen LogP contribution in [0.25, 0.3) is 0 Å². The summed E-state index contributed by atoms with van der Waals surface area (Å²) in [4.78, 5) is 41.0. The van der Waals surface area contributed by atoms with Crippen LogP contribution in [0, 0.1) is 19.7 Å². The van der Waals surface area contributed by atoms with Crippen molar-refractivity contribution < 1.29 is 23.5 Å². The van der Waals surface area contributed by atoms with Crippen LogP contribution in [0.3, 0.4) is 0 Å². The van der Waals surface area contributed by atoms with Gasteiger partial charge in [-0.1, -0.05) is 35.9 Å². The van der Waals surface area contributed by atoms with E-state index < -0.39 is 17.7 Å². The number of hydrogen-bond acceptors (Lipinski definition) is 4. The molecule has 0 bridgehead atoms. The monoisotopic (exact) mass is 498 g/mol. The van der Waals surface area contributed by atoms with E-state index in [9.17, 15) is 18.8 Å². The van der Waals surface area contributed by atoms with Crippen LogP contribution >= 0.6 is 11.6 Å². The van der Waals surface area contributed by atoms with Crippen LogP contribution in [-0.2, 0) is 17.8 Å². The van der Waals surface area contributed by atoms with Crippen LogP contribution in [0.15, 0.2) is 48.5 Å². The van der Waals surface area contributed by atoms with E-state index in [0.717, 1.165) is 0 Å². The van der Waals surface area contributed by atoms with Crippen LogP contribution in [0.4, 0.5) is 4.39 Å². The van der Waals surface area contributed by atoms with E-state index in [1.807, 2.05) is 6.92 Å². The van der Waals surface area contributed by atoms with Crippen molar-refractivity contribution in [1.29, 1.82) is 0 Å².